The second-order valence-electron chi connectivity index (χ2n) is 4.94. The van der Waals surface area contributed by atoms with Crippen molar-refractivity contribution in [1.82, 2.24) is 0 Å². The van der Waals surface area contributed by atoms with Crippen LogP contribution in [0.3, 0.4) is 0 Å². The summed E-state index contributed by atoms with van der Waals surface area (Å²) in [5, 5.41) is 7.71. The highest BCUT2D eigenvalue weighted by molar-refractivity contribution is 7.92. The Labute approximate surface area is 118 Å². The minimum absolute atomic E-state index is 0.0858. The van der Waals surface area contributed by atoms with Crippen molar-refractivity contribution in [1.29, 1.82) is 0 Å². The van der Waals surface area contributed by atoms with Crippen LogP contribution in [0.25, 0.3) is 0 Å². The summed E-state index contributed by atoms with van der Waals surface area (Å²) in [6.45, 7) is 2.04. The summed E-state index contributed by atoms with van der Waals surface area (Å²) in [7, 11) is -3.67. The summed E-state index contributed by atoms with van der Waals surface area (Å²) >= 11 is 0. The van der Waals surface area contributed by atoms with Gasteiger partial charge in [-0.05, 0) is 24.5 Å². The number of carbonyl (C=O) groups is 1. The molecule has 6 heteroatoms. The lowest BCUT2D eigenvalue weighted by atomic mass is 9.95. The second kappa shape index (κ2) is 5.83. The molecule has 1 heterocycles. The van der Waals surface area contributed by atoms with E-state index in [4.69, 9.17) is 9.84 Å². The molecule has 5 nitrogen and oxygen atoms in total. The van der Waals surface area contributed by atoms with Crippen molar-refractivity contribution < 1.29 is 23.1 Å². The van der Waals surface area contributed by atoms with Crippen LogP contribution in [-0.2, 0) is 14.6 Å². The molecule has 0 fully saturated rings. The zero-order valence-corrected chi connectivity index (χ0v) is 12.1. The average Bonchev–Trinajstić information content (AvgIpc) is 2.38. The summed E-state index contributed by atoms with van der Waals surface area (Å²) in [6.07, 6.45) is 0.675. The number of carboxylic acids is 1. The highest BCUT2D eigenvalue weighted by Crippen LogP contribution is 2.34. The Morgan fingerprint density at radius 2 is 2.15 bits per heavy atom. The highest BCUT2D eigenvalue weighted by Gasteiger charge is 2.35. The Bertz CT molecular complexity index is 593. The van der Waals surface area contributed by atoms with Gasteiger partial charge in [0, 0.05) is 5.92 Å². The first-order chi connectivity index (χ1) is 9.45. The number of carboxylic acid groups (broad SMARTS) is 1. The van der Waals surface area contributed by atoms with Crippen molar-refractivity contribution in [2.75, 3.05) is 12.4 Å². The van der Waals surface area contributed by atoms with Crippen molar-refractivity contribution in [3.63, 3.8) is 0 Å². The maximum Gasteiger partial charge on any atom is 0.321 e. The normalized spacial score (nSPS) is 19.8. The second-order valence-corrected chi connectivity index (χ2v) is 7.16. The first kappa shape index (κ1) is 14.8. The van der Waals surface area contributed by atoms with Gasteiger partial charge in [0.2, 0.25) is 0 Å². The number of fused-ring (bicyclic) bond motifs is 1. The third-order valence-electron chi connectivity index (χ3n) is 3.60. The smallest absolute Gasteiger partial charge is 0.321 e. The zero-order valence-electron chi connectivity index (χ0n) is 11.3. The number of para-hydroxylation sites is 1. The molecule has 0 aromatic heterocycles. The number of rotatable bonds is 5. The summed E-state index contributed by atoms with van der Waals surface area (Å²) in [5.41, 5.74) is 0.850. The summed E-state index contributed by atoms with van der Waals surface area (Å²) in [4.78, 5) is 11.1. The van der Waals surface area contributed by atoms with Crippen LogP contribution < -0.4 is 4.74 Å². The van der Waals surface area contributed by atoms with Crippen LogP contribution in [0.5, 0.6) is 5.75 Å². The standard InChI is InChI=1S/C14H18O5S/c1-2-13(14(15)16)20(17,18)9-10-7-8-19-12-6-4-3-5-11(10)12/h3-6,10,13H,2,7-9H2,1H3,(H,15,16). The number of hydrogen-bond donors (Lipinski definition) is 1. The monoisotopic (exact) mass is 298 g/mol. The molecular formula is C14H18O5S. The lowest BCUT2D eigenvalue weighted by Gasteiger charge is -2.26. The Kier molecular flexibility index (Phi) is 4.32. The minimum atomic E-state index is -3.67. The van der Waals surface area contributed by atoms with Crippen LogP contribution in [0.4, 0.5) is 0 Å². The van der Waals surface area contributed by atoms with Gasteiger partial charge in [-0.15, -0.1) is 0 Å². The quantitative estimate of drug-likeness (QED) is 0.897. The third-order valence-corrected chi connectivity index (χ3v) is 5.86. The molecule has 0 amide bonds. The van der Waals surface area contributed by atoms with Gasteiger partial charge in [0.1, 0.15) is 5.75 Å². The first-order valence-corrected chi connectivity index (χ1v) is 8.33. The van der Waals surface area contributed by atoms with E-state index in [1.165, 1.54) is 0 Å². The molecule has 0 spiro atoms. The van der Waals surface area contributed by atoms with Crippen molar-refractivity contribution in [3.8, 4) is 5.75 Å². The fourth-order valence-corrected chi connectivity index (χ4v) is 4.52. The summed E-state index contributed by atoms with van der Waals surface area (Å²) < 4.78 is 30.0. The van der Waals surface area contributed by atoms with Crippen molar-refractivity contribution in [3.05, 3.63) is 29.8 Å². The van der Waals surface area contributed by atoms with Crippen LogP contribution in [0.2, 0.25) is 0 Å². The van der Waals surface area contributed by atoms with E-state index < -0.39 is 21.1 Å². The van der Waals surface area contributed by atoms with E-state index in [9.17, 15) is 13.2 Å². The van der Waals surface area contributed by atoms with E-state index in [1.807, 2.05) is 24.3 Å². The van der Waals surface area contributed by atoms with E-state index in [2.05, 4.69) is 0 Å². The number of sulfone groups is 1. The lowest BCUT2D eigenvalue weighted by molar-refractivity contribution is -0.136. The van der Waals surface area contributed by atoms with Crippen molar-refractivity contribution in [2.45, 2.75) is 30.9 Å². The third kappa shape index (κ3) is 2.95. The molecule has 2 atom stereocenters. The van der Waals surface area contributed by atoms with Gasteiger partial charge >= 0.3 is 5.97 Å². The van der Waals surface area contributed by atoms with Crippen molar-refractivity contribution in [2.24, 2.45) is 0 Å². The molecule has 0 saturated heterocycles. The van der Waals surface area contributed by atoms with Crippen molar-refractivity contribution >= 4 is 15.8 Å². The van der Waals surface area contributed by atoms with Gasteiger partial charge in [0.05, 0.1) is 12.4 Å². The Balaban J connectivity index is 2.25. The molecule has 110 valence electrons. The molecule has 0 aliphatic carbocycles. The van der Waals surface area contributed by atoms with E-state index in [0.717, 1.165) is 5.56 Å². The molecule has 20 heavy (non-hydrogen) atoms. The van der Waals surface area contributed by atoms with Gasteiger partial charge in [0.25, 0.3) is 0 Å². The van der Waals surface area contributed by atoms with Gasteiger partial charge in [-0.1, -0.05) is 25.1 Å². The molecule has 0 radical (unpaired) electrons. The van der Waals surface area contributed by atoms with Gasteiger partial charge < -0.3 is 9.84 Å². The van der Waals surface area contributed by atoms with E-state index in [0.29, 0.717) is 18.8 Å². The number of aliphatic carboxylic acids is 1. The van der Waals surface area contributed by atoms with Crippen LogP contribution in [0.15, 0.2) is 24.3 Å². The van der Waals surface area contributed by atoms with Crippen LogP contribution >= 0.6 is 0 Å². The van der Waals surface area contributed by atoms with Gasteiger partial charge in [0.15, 0.2) is 15.1 Å². The predicted molar refractivity (Wildman–Crippen MR) is 74.8 cm³/mol. The van der Waals surface area contributed by atoms with Crippen LogP contribution in [0, 0.1) is 0 Å². The van der Waals surface area contributed by atoms with E-state index in [1.54, 1.807) is 6.92 Å². The molecular weight excluding hydrogens is 280 g/mol. The maximum atomic E-state index is 12.3. The van der Waals surface area contributed by atoms with Gasteiger partial charge in [-0.25, -0.2) is 8.42 Å². The molecule has 1 aromatic rings. The van der Waals surface area contributed by atoms with Crippen LogP contribution in [0.1, 0.15) is 31.2 Å². The molecule has 2 rings (SSSR count). The summed E-state index contributed by atoms with van der Waals surface area (Å²) in [5.74, 6) is -0.911. The number of benzene rings is 1. The zero-order chi connectivity index (χ0) is 14.8. The summed E-state index contributed by atoms with van der Waals surface area (Å²) in [6, 6.07) is 7.32. The minimum Gasteiger partial charge on any atom is -0.493 e. The lowest BCUT2D eigenvalue weighted by Crippen LogP contribution is -2.34. The average molecular weight is 298 g/mol. The molecule has 1 aromatic carbocycles. The largest absolute Gasteiger partial charge is 0.493 e. The molecule has 1 aliphatic rings. The number of ether oxygens (including phenoxy) is 1. The SMILES string of the molecule is CCC(C(=O)O)S(=O)(=O)CC1CCOc2ccccc21. The maximum absolute atomic E-state index is 12.3. The first-order valence-electron chi connectivity index (χ1n) is 6.61. The fraction of sp³-hybridized carbons (Fsp3) is 0.500. The van der Waals surface area contributed by atoms with E-state index >= 15 is 0 Å². The molecule has 1 aliphatic heterocycles. The van der Waals surface area contributed by atoms with Gasteiger partial charge in [-0.2, -0.15) is 0 Å². The van der Waals surface area contributed by atoms with Crippen LogP contribution in [-0.4, -0.2) is 37.1 Å². The predicted octanol–water partition coefficient (Wildman–Crippen LogP) is 1.83. The topological polar surface area (TPSA) is 80.7 Å². The highest BCUT2D eigenvalue weighted by atomic mass is 32.2. The Hall–Kier alpha value is -1.56. The molecule has 0 bridgehead atoms. The Morgan fingerprint density at radius 1 is 1.45 bits per heavy atom. The molecule has 0 saturated carbocycles. The van der Waals surface area contributed by atoms with E-state index in [-0.39, 0.29) is 18.1 Å². The number of hydrogen-bond acceptors (Lipinski definition) is 4. The Morgan fingerprint density at radius 3 is 2.80 bits per heavy atom. The van der Waals surface area contributed by atoms with Gasteiger partial charge in [-0.3, -0.25) is 4.79 Å². The molecule has 1 N–H and O–H groups in total. The molecule has 2 unspecified atom stereocenters. The fourth-order valence-electron chi connectivity index (χ4n) is 2.57.